The first-order valence-corrected chi connectivity index (χ1v) is 5.43. The Morgan fingerprint density at radius 1 is 1.50 bits per heavy atom. The van der Waals surface area contributed by atoms with Crippen molar-refractivity contribution in [1.29, 1.82) is 0 Å². The van der Waals surface area contributed by atoms with Crippen LogP contribution in [0.4, 0.5) is 0 Å². The van der Waals surface area contributed by atoms with Crippen molar-refractivity contribution < 1.29 is 0 Å². The molecule has 0 spiro atoms. The molecule has 0 aliphatic rings. The SMILES string of the molecule is C=N/C(Cl)=C\NSCc1ccccc1. The van der Waals surface area contributed by atoms with Crippen LogP contribution in [0.3, 0.4) is 0 Å². The van der Waals surface area contributed by atoms with Gasteiger partial charge in [-0.05, 0) is 24.2 Å². The zero-order chi connectivity index (χ0) is 10.2. The summed E-state index contributed by atoms with van der Waals surface area (Å²) < 4.78 is 2.97. The lowest BCUT2D eigenvalue weighted by Crippen LogP contribution is -1.93. The predicted octanol–water partition coefficient (Wildman–Crippen LogP) is 3.16. The van der Waals surface area contributed by atoms with Gasteiger partial charge in [-0.2, -0.15) is 0 Å². The van der Waals surface area contributed by atoms with Gasteiger partial charge in [0.2, 0.25) is 0 Å². The molecule has 0 fully saturated rings. The Kier molecular flexibility index (Phi) is 5.19. The number of hydrogen-bond donors (Lipinski definition) is 1. The van der Waals surface area contributed by atoms with Crippen LogP contribution in [0.1, 0.15) is 5.56 Å². The Labute approximate surface area is 93.2 Å². The van der Waals surface area contributed by atoms with E-state index in [1.54, 1.807) is 18.1 Å². The van der Waals surface area contributed by atoms with E-state index >= 15 is 0 Å². The van der Waals surface area contributed by atoms with E-state index in [4.69, 9.17) is 11.6 Å². The first-order valence-electron chi connectivity index (χ1n) is 4.06. The van der Waals surface area contributed by atoms with Crippen LogP contribution in [-0.4, -0.2) is 6.72 Å². The van der Waals surface area contributed by atoms with Crippen LogP contribution in [0, 0.1) is 0 Å². The predicted molar refractivity (Wildman–Crippen MR) is 64.4 cm³/mol. The minimum atomic E-state index is 0.366. The second kappa shape index (κ2) is 6.51. The van der Waals surface area contributed by atoms with E-state index in [1.165, 1.54) is 5.56 Å². The van der Waals surface area contributed by atoms with E-state index in [-0.39, 0.29) is 0 Å². The topological polar surface area (TPSA) is 24.4 Å². The zero-order valence-electron chi connectivity index (χ0n) is 7.61. The van der Waals surface area contributed by atoms with E-state index in [1.807, 2.05) is 18.2 Å². The number of rotatable bonds is 5. The van der Waals surface area contributed by atoms with Crippen LogP contribution < -0.4 is 4.72 Å². The van der Waals surface area contributed by atoms with E-state index in [0.29, 0.717) is 5.16 Å². The van der Waals surface area contributed by atoms with E-state index < -0.39 is 0 Å². The fourth-order valence-electron chi connectivity index (χ4n) is 0.835. The summed E-state index contributed by atoms with van der Waals surface area (Å²) in [6.45, 7) is 3.30. The number of halogens is 1. The molecule has 0 saturated carbocycles. The van der Waals surface area contributed by atoms with Gasteiger partial charge in [-0.3, -0.25) is 4.99 Å². The monoisotopic (exact) mass is 226 g/mol. The number of nitrogens with zero attached hydrogens (tertiary/aromatic N) is 1. The molecule has 0 aromatic heterocycles. The standard InChI is InChI=1S/C10H11ClN2S/c1-12-10(11)7-13-14-8-9-5-3-2-4-6-9/h2-7,13H,1,8H2/b10-7-. The molecule has 14 heavy (non-hydrogen) atoms. The first kappa shape index (κ1) is 11.1. The molecule has 1 rings (SSSR count). The van der Waals surface area contributed by atoms with Crippen LogP contribution in [0.5, 0.6) is 0 Å². The highest BCUT2D eigenvalue weighted by atomic mass is 35.5. The number of benzene rings is 1. The van der Waals surface area contributed by atoms with Crippen LogP contribution in [0.25, 0.3) is 0 Å². The van der Waals surface area contributed by atoms with Crippen LogP contribution in [0.2, 0.25) is 0 Å². The molecule has 0 bridgehead atoms. The minimum absolute atomic E-state index is 0.366. The van der Waals surface area contributed by atoms with Crippen molar-refractivity contribution in [3.05, 3.63) is 47.3 Å². The average molecular weight is 227 g/mol. The lowest BCUT2D eigenvalue weighted by molar-refractivity contribution is 1.32. The summed E-state index contributed by atoms with van der Waals surface area (Å²) in [5, 5.41) is 0.366. The molecule has 0 amide bonds. The van der Waals surface area contributed by atoms with Crippen molar-refractivity contribution in [3.8, 4) is 0 Å². The number of nitrogens with one attached hydrogen (secondary N) is 1. The molecular formula is C10H11ClN2S. The molecule has 74 valence electrons. The maximum Gasteiger partial charge on any atom is 0.144 e. The average Bonchev–Trinajstić information content (AvgIpc) is 2.25. The summed E-state index contributed by atoms with van der Waals surface area (Å²) in [7, 11) is 0. The first-order chi connectivity index (χ1) is 6.83. The summed E-state index contributed by atoms with van der Waals surface area (Å²) in [6, 6.07) is 10.2. The highest BCUT2D eigenvalue weighted by Crippen LogP contribution is 2.09. The maximum atomic E-state index is 5.60. The Bertz CT molecular complexity index is 311. The molecule has 1 aromatic carbocycles. The van der Waals surface area contributed by atoms with Crippen LogP contribution in [-0.2, 0) is 5.75 Å². The Morgan fingerprint density at radius 2 is 2.21 bits per heavy atom. The molecule has 2 nitrogen and oxygen atoms in total. The van der Waals surface area contributed by atoms with Crippen molar-refractivity contribution in [2.24, 2.45) is 4.99 Å². The summed E-state index contributed by atoms with van der Waals surface area (Å²) >= 11 is 7.15. The van der Waals surface area contributed by atoms with Crippen molar-refractivity contribution in [3.63, 3.8) is 0 Å². The van der Waals surface area contributed by atoms with Gasteiger partial charge in [0, 0.05) is 12.0 Å². The molecule has 0 saturated heterocycles. The van der Waals surface area contributed by atoms with Crippen LogP contribution in [0.15, 0.2) is 46.7 Å². The highest BCUT2D eigenvalue weighted by Gasteiger charge is 1.90. The van der Waals surface area contributed by atoms with E-state index in [2.05, 4.69) is 28.6 Å². The summed E-state index contributed by atoms with van der Waals surface area (Å²) in [5.41, 5.74) is 1.26. The maximum absolute atomic E-state index is 5.60. The van der Waals surface area contributed by atoms with Crippen molar-refractivity contribution >= 4 is 30.3 Å². The Morgan fingerprint density at radius 3 is 2.86 bits per heavy atom. The van der Waals surface area contributed by atoms with Crippen molar-refractivity contribution in [2.75, 3.05) is 0 Å². The normalized spacial score (nSPS) is 11.1. The molecular weight excluding hydrogens is 216 g/mol. The lowest BCUT2D eigenvalue weighted by atomic mass is 10.2. The zero-order valence-corrected chi connectivity index (χ0v) is 9.18. The lowest BCUT2D eigenvalue weighted by Gasteiger charge is -2.00. The van der Waals surface area contributed by atoms with Gasteiger partial charge >= 0.3 is 0 Å². The summed E-state index contributed by atoms with van der Waals surface area (Å²) in [6.07, 6.45) is 1.61. The number of hydrogen-bond acceptors (Lipinski definition) is 3. The second-order valence-corrected chi connectivity index (χ2v) is 3.72. The smallest absolute Gasteiger partial charge is 0.144 e. The van der Waals surface area contributed by atoms with Gasteiger partial charge in [0.15, 0.2) is 0 Å². The number of aliphatic imine (C=N–C) groups is 1. The fraction of sp³-hybridized carbons (Fsp3) is 0.100. The highest BCUT2D eigenvalue weighted by molar-refractivity contribution is 7.96. The van der Waals surface area contributed by atoms with E-state index in [9.17, 15) is 0 Å². The molecule has 0 atom stereocenters. The third-order valence-corrected chi connectivity index (χ3v) is 2.48. The second-order valence-electron chi connectivity index (χ2n) is 2.52. The third-order valence-electron chi connectivity index (χ3n) is 1.49. The molecule has 0 unspecified atom stereocenters. The molecule has 0 aliphatic heterocycles. The summed E-state index contributed by atoms with van der Waals surface area (Å²) in [4.78, 5) is 3.53. The molecule has 4 heteroatoms. The van der Waals surface area contributed by atoms with Gasteiger partial charge < -0.3 is 4.72 Å². The molecule has 0 aliphatic carbocycles. The van der Waals surface area contributed by atoms with Gasteiger partial charge in [-0.1, -0.05) is 41.9 Å². The van der Waals surface area contributed by atoms with Gasteiger partial charge in [-0.15, -0.1) is 0 Å². The van der Waals surface area contributed by atoms with Crippen molar-refractivity contribution in [1.82, 2.24) is 4.72 Å². The minimum Gasteiger partial charge on any atom is -0.333 e. The van der Waals surface area contributed by atoms with Crippen LogP contribution >= 0.6 is 23.5 Å². The quantitative estimate of drug-likeness (QED) is 0.361. The molecule has 0 heterocycles. The Hall–Kier alpha value is -0.930. The largest absolute Gasteiger partial charge is 0.333 e. The van der Waals surface area contributed by atoms with Gasteiger partial charge in [-0.25, -0.2) is 0 Å². The third kappa shape index (κ3) is 4.35. The van der Waals surface area contributed by atoms with Gasteiger partial charge in [0.05, 0.1) is 0 Å². The molecule has 1 aromatic rings. The van der Waals surface area contributed by atoms with Gasteiger partial charge in [0.1, 0.15) is 5.16 Å². The van der Waals surface area contributed by atoms with Gasteiger partial charge in [0.25, 0.3) is 0 Å². The van der Waals surface area contributed by atoms with E-state index in [0.717, 1.165) is 5.75 Å². The molecule has 1 N–H and O–H groups in total. The summed E-state index contributed by atoms with van der Waals surface area (Å²) in [5.74, 6) is 0.888. The fourth-order valence-corrected chi connectivity index (χ4v) is 1.59. The molecule has 0 radical (unpaired) electrons. The Balaban J connectivity index is 2.26. The van der Waals surface area contributed by atoms with Crippen molar-refractivity contribution in [2.45, 2.75) is 5.75 Å².